The zero-order valence-corrected chi connectivity index (χ0v) is 14.6. The standard InChI is InChI=1S/C19H25NO3/c1-18(2,3)23-17(22)20-13-15(16(21)12-19(20,4)5)11-14-9-7-6-8-10-14/h6-11H,12-13H2,1-5H3/b15-11+. The minimum absolute atomic E-state index is 0.0821. The third kappa shape index (κ3) is 4.44. The minimum Gasteiger partial charge on any atom is -0.444 e. The number of ketones is 1. The Labute approximate surface area is 138 Å². The Morgan fingerprint density at radius 1 is 1.22 bits per heavy atom. The van der Waals surface area contributed by atoms with Crippen molar-refractivity contribution in [1.29, 1.82) is 0 Å². The highest BCUT2D eigenvalue weighted by Gasteiger charge is 2.41. The summed E-state index contributed by atoms with van der Waals surface area (Å²) in [6, 6.07) is 9.67. The first kappa shape index (κ1) is 17.3. The van der Waals surface area contributed by atoms with E-state index in [4.69, 9.17) is 4.74 Å². The van der Waals surface area contributed by atoms with Crippen molar-refractivity contribution < 1.29 is 14.3 Å². The maximum absolute atomic E-state index is 12.5. The van der Waals surface area contributed by atoms with Crippen molar-refractivity contribution in [3.63, 3.8) is 0 Å². The lowest BCUT2D eigenvalue weighted by molar-refractivity contribution is -0.120. The fourth-order valence-electron chi connectivity index (χ4n) is 2.58. The molecule has 1 aromatic carbocycles. The van der Waals surface area contributed by atoms with Gasteiger partial charge >= 0.3 is 6.09 Å². The third-order valence-corrected chi connectivity index (χ3v) is 3.76. The maximum Gasteiger partial charge on any atom is 0.411 e. The van der Waals surface area contributed by atoms with Crippen molar-refractivity contribution in [2.75, 3.05) is 6.54 Å². The lowest BCUT2D eigenvalue weighted by atomic mass is 9.86. The Morgan fingerprint density at radius 3 is 2.39 bits per heavy atom. The molecule has 4 heteroatoms. The molecule has 1 aliphatic rings. The molecule has 0 atom stereocenters. The van der Waals surface area contributed by atoms with Crippen molar-refractivity contribution in [3.8, 4) is 0 Å². The molecule has 4 nitrogen and oxygen atoms in total. The summed E-state index contributed by atoms with van der Waals surface area (Å²) in [6.07, 6.45) is 1.77. The number of rotatable bonds is 1. The Balaban J connectivity index is 2.27. The molecular weight excluding hydrogens is 290 g/mol. The highest BCUT2D eigenvalue weighted by atomic mass is 16.6. The molecule has 0 spiro atoms. The van der Waals surface area contributed by atoms with Gasteiger partial charge < -0.3 is 4.74 Å². The normalized spacial score (nSPS) is 19.8. The summed E-state index contributed by atoms with van der Waals surface area (Å²) < 4.78 is 5.50. The first-order valence-electron chi connectivity index (χ1n) is 7.88. The van der Waals surface area contributed by atoms with E-state index in [0.29, 0.717) is 12.0 Å². The smallest absolute Gasteiger partial charge is 0.411 e. The Bertz CT molecular complexity index is 624. The fraction of sp³-hybridized carbons (Fsp3) is 0.474. The number of nitrogens with zero attached hydrogens (tertiary/aromatic N) is 1. The van der Waals surface area contributed by atoms with E-state index in [1.165, 1.54) is 0 Å². The number of benzene rings is 1. The predicted octanol–water partition coefficient (Wildman–Crippen LogP) is 4.06. The zero-order valence-electron chi connectivity index (χ0n) is 14.6. The summed E-state index contributed by atoms with van der Waals surface area (Å²) >= 11 is 0. The van der Waals surface area contributed by atoms with Crippen LogP contribution in [0.2, 0.25) is 0 Å². The number of carbonyl (C=O) groups excluding carboxylic acids is 2. The number of ether oxygens (including phenoxy) is 1. The number of carbonyl (C=O) groups is 2. The molecule has 2 rings (SSSR count). The van der Waals surface area contributed by atoms with Gasteiger partial charge in [-0.2, -0.15) is 0 Å². The van der Waals surface area contributed by atoms with Gasteiger partial charge in [0.05, 0.1) is 6.54 Å². The van der Waals surface area contributed by atoms with Crippen molar-refractivity contribution in [1.82, 2.24) is 4.90 Å². The average Bonchev–Trinajstić information content (AvgIpc) is 2.40. The van der Waals surface area contributed by atoms with Gasteiger partial charge in [0.25, 0.3) is 0 Å². The molecule has 23 heavy (non-hydrogen) atoms. The van der Waals surface area contributed by atoms with Crippen LogP contribution in [-0.4, -0.2) is 34.5 Å². The second-order valence-corrected chi connectivity index (χ2v) is 7.56. The Hall–Kier alpha value is -2.10. The van der Waals surface area contributed by atoms with Gasteiger partial charge in [-0.05, 0) is 46.3 Å². The molecule has 0 saturated carbocycles. The largest absolute Gasteiger partial charge is 0.444 e. The monoisotopic (exact) mass is 315 g/mol. The van der Waals surface area contributed by atoms with E-state index in [-0.39, 0.29) is 18.4 Å². The van der Waals surface area contributed by atoms with E-state index in [9.17, 15) is 9.59 Å². The molecule has 0 N–H and O–H groups in total. The molecule has 0 radical (unpaired) electrons. The molecule has 0 bridgehead atoms. The molecule has 0 unspecified atom stereocenters. The van der Waals surface area contributed by atoms with Gasteiger partial charge in [-0.15, -0.1) is 0 Å². The number of hydrogen-bond acceptors (Lipinski definition) is 3. The van der Waals surface area contributed by atoms with Crippen LogP contribution in [0.25, 0.3) is 6.08 Å². The van der Waals surface area contributed by atoms with E-state index in [1.807, 2.05) is 71.0 Å². The zero-order chi connectivity index (χ0) is 17.3. The van der Waals surface area contributed by atoms with Crippen LogP contribution in [-0.2, 0) is 9.53 Å². The molecule has 0 aromatic heterocycles. The third-order valence-electron chi connectivity index (χ3n) is 3.76. The molecule has 0 aliphatic carbocycles. The maximum atomic E-state index is 12.5. The van der Waals surface area contributed by atoms with Crippen LogP contribution in [0.15, 0.2) is 35.9 Å². The van der Waals surface area contributed by atoms with Crippen LogP contribution in [0, 0.1) is 0 Å². The Morgan fingerprint density at radius 2 is 1.83 bits per heavy atom. The summed E-state index contributed by atoms with van der Waals surface area (Å²) in [5, 5.41) is 0. The first-order valence-corrected chi connectivity index (χ1v) is 7.88. The summed E-state index contributed by atoms with van der Waals surface area (Å²) in [5.74, 6) is 0.0821. The number of hydrogen-bond donors (Lipinski definition) is 0. The lowest BCUT2D eigenvalue weighted by Gasteiger charge is -2.42. The summed E-state index contributed by atoms with van der Waals surface area (Å²) in [5.41, 5.74) is 0.492. The van der Waals surface area contributed by atoms with Gasteiger partial charge in [0.2, 0.25) is 0 Å². The van der Waals surface area contributed by atoms with Crippen LogP contribution in [0.5, 0.6) is 0 Å². The lowest BCUT2D eigenvalue weighted by Crippen LogP contribution is -2.55. The molecule has 124 valence electrons. The molecule has 1 aromatic rings. The van der Waals surface area contributed by atoms with Crippen molar-refractivity contribution >= 4 is 18.0 Å². The van der Waals surface area contributed by atoms with Gasteiger partial charge in [0.1, 0.15) is 5.60 Å². The molecule has 1 amide bonds. The molecule has 1 heterocycles. The molecule has 1 fully saturated rings. The quantitative estimate of drug-likeness (QED) is 0.734. The first-order chi connectivity index (χ1) is 10.6. The van der Waals surface area contributed by atoms with Crippen molar-refractivity contribution in [2.45, 2.75) is 52.2 Å². The number of piperidine rings is 1. The highest BCUT2D eigenvalue weighted by molar-refractivity contribution is 6.02. The SMILES string of the molecule is CC(C)(C)OC(=O)N1C/C(=C\c2ccccc2)C(=O)CC1(C)C. The molecule has 1 aliphatic heterocycles. The van der Waals surface area contributed by atoms with E-state index >= 15 is 0 Å². The predicted molar refractivity (Wildman–Crippen MR) is 91.1 cm³/mol. The fourth-order valence-corrected chi connectivity index (χ4v) is 2.58. The van der Waals surface area contributed by atoms with Crippen LogP contribution in [0.4, 0.5) is 4.79 Å². The van der Waals surface area contributed by atoms with Gasteiger partial charge in [-0.1, -0.05) is 30.3 Å². The topological polar surface area (TPSA) is 46.6 Å². The molecule has 1 saturated heterocycles. The highest BCUT2D eigenvalue weighted by Crippen LogP contribution is 2.30. The van der Waals surface area contributed by atoms with Gasteiger partial charge in [0.15, 0.2) is 5.78 Å². The van der Waals surface area contributed by atoms with Crippen molar-refractivity contribution in [2.24, 2.45) is 0 Å². The number of likely N-dealkylation sites (tertiary alicyclic amines) is 1. The van der Waals surface area contributed by atoms with Crippen LogP contribution in [0.1, 0.15) is 46.6 Å². The number of amides is 1. The van der Waals surface area contributed by atoms with Crippen LogP contribution >= 0.6 is 0 Å². The second-order valence-electron chi connectivity index (χ2n) is 7.56. The summed E-state index contributed by atoms with van der Waals surface area (Å²) in [4.78, 5) is 26.6. The van der Waals surface area contributed by atoms with Gasteiger partial charge in [-0.25, -0.2) is 4.79 Å². The van der Waals surface area contributed by atoms with Gasteiger partial charge in [-0.3, -0.25) is 9.69 Å². The Kier molecular flexibility index (Phi) is 4.64. The van der Waals surface area contributed by atoms with Crippen LogP contribution in [0.3, 0.4) is 0 Å². The van der Waals surface area contributed by atoms with E-state index < -0.39 is 11.1 Å². The summed E-state index contributed by atoms with van der Waals surface area (Å²) in [7, 11) is 0. The second kappa shape index (κ2) is 6.19. The summed E-state index contributed by atoms with van der Waals surface area (Å²) in [6.45, 7) is 9.59. The van der Waals surface area contributed by atoms with E-state index in [0.717, 1.165) is 5.56 Å². The van der Waals surface area contributed by atoms with Gasteiger partial charge in [0, 0.05) is 17.5 Å². The number of Topliss-reactive ketones (excluding diaryl/α,β-unsaturated/α-hetero) is 1. The molecular formula is C19H25NO3. The van der Waals surface area contributed by atoms with Crippen molar-refractivity contribution in [3.05, 3.63) is 41.5 Å². The average molecular weight is 315 g/mol. The van der Waals surface area contributed by atoms with E-state index in [1.54, 1.807) is 4.90 Å². The minimum atomic E-state index is -0.558. The van der Waals surface area contributed by atoms with E-state index in [2.05, 4.69) is 0 Å². The van der Waals surface area contributed by atoms with Crippen LogP contribution < -0.4 is 0 Å².